The average molecular weight is 319 g/mol. The highest BCUT2D eigenvalue weighted by molar-refractivity contribution is 6.42. The number of halogens is 2. The van der Waals surface area contributed by atoms with E-state index in [-0.39, 0.29) is 0 Å². The van der Waals surface area contributed by atoms with E-state index < -0.39 is 0 Å². The second-order valence-electron chi connectivity index (χ2n) is 4.67. The zero-order chi connectivity index (χ0) is 15.0. The lowest BCUT2D eigenvalue weighted by atomic mass is 10.2. The van der Waals surface area contributed by atoms with Crippen LogP contribution in [0.2, 0.25) is 10.0 Å². The molecule has 3 rings (SSSR count). The normalized spacial score (nSPS) is 12.0. The first kappa shape index (κ1) is 13.9. The third kappa shape index (κ3) is 2.86. The average Bonchev–Trinajstić information content (AvgIpc) is 2.84. The molecule has 1 aromatic heterocycles. The third-order valence-electron chi connectivity index (χ3n) is 2.96. The maximum atomic E-state index is 6.04. The maximum Gasteiger partial charge on any atom is 0.138 e. The van der Waals surface area contributed by atoms with E-state index in [1.54, 1.807) is 19.1 Å². The van der Waals surface area contributed by atoms with E-state index in [9.17, 15) is 0 Å². The van der Waals surface area contributed by atoms with Crippen molar-refractivity contribution in [3.05, 3.63) is 46.4 Å². The van der Waals surface area contributed by atoms with Gasteiger partial charge in [0.15, 0.2) is 0 Å². The summed E-state index contributed by atoms with van der Waals surface area (Å²) in [5.74, 6) is 1.24. The predicted octanol–water partition coefficient (Wildman–Crippen LogP) is 4.55. The minimum atomic E-state index is 0.499. The molecule has 0 atom stereocenters. The molecule has 0 aliphatic carbocycles. The molecule has 0 bridgehead atoms. The number of H-pyrrole nitrogens is 1. The first-order valence-corrected chi connectivity index (χ1v) is 7.04. The van der Waals surface area contributed by atoms with E-state index in [0.29, 0.717) is 15.9 Å². The zero-order valence-corrected chi connectivity index (χ0v) is 12.7. The van der Waals surface area contributed by atoms with Crippen LogP contribution >= 0.6 is 23.2 Å². The second-order valence-corrected chi connectivity index (χ2v) is 5.48. The number of hydrogen-bond donors (Lipinski definition) is 2. The van der Waals surface area contributed by atoms with Gasteiger partial charge in [0.1, 0.15) is 5.82 Å². The Hall–Kier alpha value is -2.04. The zero-order valence-electron chi connectivity index (χ0n) is 11.2. The molecule has 0 radical (unpaired) electrons. The van der Waals surface area contributed by atoms with Crippen LogP contribution in [0.3, 0.4) is 0 Å². The summed E-state index contributed by atoms with van der Waals surface area (Å²) < 4.78 is 0. The van der Waals surface area contributed by atoms with Gasteiger partial charge in [0.25, 0.3) is 0 Å². The fraction of sp³-hybridized carbons (Fsp3) is 0.0667. The van der Waals surface area contributed by atoms with Crippen molar-refractivity contribution in [2.45, 2.75) is 6.92 Å². The SMILES string of the molecule is CC(N)=Nc1ccc2nc(-c3ccc(Cl)c(Cl)c3)[nH]c2c1. The van der Waals surface area contributed by atoms with Gasteiger partial charge < -0.3 is 10.7 Å². The van der Waals surface area contributed by atoms with E-state index in [1.807, 2.05) is 24.3 Å². The number of aromatic amines is 1. The molecule has 0 spiro atoms. The summed E-state index contributed by atoms with van der Waals surface area (Å²) in [6.07, 6.45) is 0. The van der Waals surface area contributed by atoms with Gasteiger partial charge in [-0.15, -0.1) is 0 Å². The molecular weight excluding hydrogens is 307 g/mol. The molecule has 3 N–H and O–H groups in total. The fourth-order valence-corrected chi connectivity index (χ4v) is 2.35. The van der Waals surface area contributed by atoms with Gasteiger partial charge in [-0.25, -0.2) is 9.98 Å². The molecule has 2 aromatic carbocycles. The van der Waals surface area contributed by atoms with Crippen LogP contribution in [0.5, 0.6) is 0 Å². The Labute approximate surface area is 131 Å². The quantitative estimate of drug-likeness (QED) is 0.538. The highest BCUT2D eigenvalue weighted by Gasteiger charge is 2.08. The second kappa shape index (κ2) is 5.39. The molecule has 0 saturated heterocycles. The highest BCUT2D eigenvalue weighted by atomic mass is 35.5. The van der Waals surface area contributed by atoms with Gasteiger partial charge in [-0.3, -0.25) is 0 Å². The van der Waals surface area contributed by atoms with Crippen molar-refractivity contribution < 1.29 is 0 Å². The van der Waals surface area contributed by atoms with Gasteiger partial charge in [-0.05, 0) is 43.3 Å². The summed E-state index contributed by atoms with van der Waals surface area (Å²) >= 11 is 12.0. The number of rotatable bonds is 2. The number of hydrogen-bond acceptors (Lipinski definition) is 2. The number of imidazole rings is 1. The van der Waals surface area contributed by atoms with Gasteiger partial charge in [-0.1, -0.05) is 23.2 Å². The Bertz CT molecular complexity index is 848. The largest absolute Gasteiger partial charge is 0.387 e. The van der Waals surface area contributed by atoms with E-state index >= 15 is 0 Å². The van der Waals surface area contributed by atoms with Crippen LogP contribution in [-0.2, 0) is 0 Å². The summed E-state index contributed by atoms with van der Waals surface area (Å²) in [5, 5.41) is 1.02. The molecular formula is C15H12Cl2N4. The molecule has 3 aromatic rings. The van der Waals surface area contributed by atoms with Crippen LogP contribution in [0.15, 0.2) is 41.4 Å². The Morgan fingerprint density at radius 1 is 1.14 bits per heavy atom. The monoisotopic (exact) mass is 318 g/mol. The Kier molecular flexibility index (Phi) is 3.57. The number of amidine groups is 1. The summed E-state index contributed by atoms with van der Waals surface area (Å²) in [6.45, 7) is 1.75. The van der Waals surface area contributed by atoms with Crippen LogP contribution in [0.1, 0.15) is 6.92 Å². The summed E-state index contributed by atoms with van der Waals surface area (Å²) in [4.78, 5) is 12.0. The van der Waals surface area contributed by atoms with Crippen molar-refractivity contribution in [3.8, 4) is 11.4 Å². The molecule has 4 nitrogen and oxygen atoms in total. The Balaban J connectivity index is 2.08. The third-order valence-corrected chi connectivity index (χ3v) is 3.70. The van der Waals surface area contributed by atoms with Crippen molar-refractivity contribution in [2.24, 2.45) is 10.7 Å². The van der Waals surface area contributed by atoms with Crippen LogP contribution in [0, 0.1) is 0 Å². The molecule has 0 unspecified atom stereocenters. The number of aliphatic imine (C=N–C) groups is 1. The van der Waals surface area contributed by atoms with Crippen molar-refractivity contribution in [3.63, 3.8) is 0 Å². The first-order valence-electron chi connectivity index (χ1n) is 6.29. The van der Waals surface area contributed by atoms with E-state index in [0.717, 1.165) is 28.1 Å². The predicted molar refractivity (Wildman–Crippen MR) is 88.5 cm³/mol. The fourth-order valence-electron chi connectivity index (χ4n) is 2.05. The first-order chi connectivity index (χ1) is 10.0. The lowest BCUT2D eigenvalue weighted by Crippen LogP contribution is -2.03. The molecule has 21 heavy (non-hydrogen) atoms. The number of fused-ring (bicyclic) bond motifs is 1. The molecule has 0 amide bonds. The van der Waals surface area contributed by atoms with E-state index in [4.69, 9.17) is 28.9 Å². The minimum absolute atomic E-state index is 0.499. The van der Waals surface area contributed by atoms with Crippen LogP contribution in [-0.4, -0.2) is 15.8 Å². The molecule has 1 heterocycles. The lowest BCUT2D eigenvalue weighted by molar-refractivity contribution is 1.34. The topological polar surface area (TPSA) is 67.1 Å². The van der Waals surface area contributed by atoms with Gasteiger partial charge in [0.05, 0.1) is 32.6 Å². The van der Waals surface area contributed by atoms with E-state index in [2.05, 4.69) is 15.0 Å². The minimum Gasteiger partial charge on any atom is -0.387 e. The van der Waals surface area contributed by atoms with Gasteiger partial charge in [-0.2, -0.15) is 0 Å². The van der Waals surface area contributed by atoms with Gasteiger partial charge in [0.2, 0.25) is 0 Å². The molecule has 6 heteroatoms. The number of aromatic nitrogens is 2. The standard InChI is InChI=1S/C15H12Cl2N4/c1-8(18)19-10-3-5-13-14(7-10)21-15(20-13)9-2-4-11(16)12(17)6-9/h2-7H,1H3,(H2,18,19)(H,20,21). The summed E-state index contributed by atoms with van der Waals surface area (Å²) in [7, 11) is 0. The Morgan fingerprint density at radius 3 is 2.67 bits per heavy atom. The number of nitrogens with two attached hydrogens (primary N) is 1. The Morgan fingerprint density at radius 2 is 1.95 bits per heavy atom. The molecule has 0 aliphatic rings. The summed E-state index contributed by atoms with van der Waals surface area (Å²) in [6, 6.07) is 11.1. The number of nitrogens with one attached hydrogen (secondary N) is 1. The van der Waals surface area contributed by atoms with Crippen LogP contribution in [0.25, 0.3) is 22.4 Å². The molecule has 0 saturated carbocycles. The van der Waals surface area contributed by atoms with Crippen molar-refractivity contribution in [1.82, 2.24) is 9.97 Å². The maximum absolute atomic E-state index is 6.04. The highest BCUT2D eigenvalue weighted by Crippen LogP contribution is 2.29. The smallest absolute Gasteiger partial charge is 0.138 e. The van der Waals surface area contributed by atoms with Crippen molar-refractivity contribution >= 4 is 45.8 Å². The number of nitrogens with zero attached hydrogens (tertiary/aromatic N) is 2. The molecule has 0 fully saturated rings. The molecule has 0 aliphatic heterocycles. The van der Waals surface area contributed by atoms with Crippen LogP contribution < -0.4 is 5.73 Å². The van der Waals surface area contributed by atoms with Crippen LogP contribution in [0.4, 0.5) is 5.69 Å². The lowest BCUT2D eigenvalue weighted by Gasteiger charge is -1.99. The van der Waals surface area contributed by atoms with Crippen molar-refractivity contribution in [1.29, 1.82) is 0 Å². The van der Waals surface area contributed by atoms with Gasteiger partial charge in [0, 0.05) is 5.56 Å². The van der Waals surface area contributed by atoms with Crippen molar-refractivity contribution in [2.75, 3.05) is 0 Å². The summed E-state index contributed by atoms with van der Waals surface area (Å²) in [5.41, 5.74) is 8.99. The van der Waals surface area contributed by atoms with E-state index in [1.165, 1.54) is 0 Å². The molecule has 106 valence electrons. The van der Waals surface area contributed by atoms with Gasteiger partial charge >= 0.3 is 0 Å². The number of benzene rings is 2.